The van der Waals surface area contributed by atoms with Crippen molar-refractivity contribution in [2.24, 2.45) is 0 Å². The van der Waals surface area contributed by atoms with Gasteiger partial charge in [0.15, 0.2) is 14.8 Å². The minimum Gasteiger partial charge on any atom is -0.167 e. The van der Waals surface area contributed by atoms with Gasteiger partial charge in [-0.3, -0.25) is 0 Å². The second-order valence-electron chi connectivity index (χ2n) is 4.92. The lowest BCUT2D eigenvalue weighted by Gasteiger charge is -2.23. The zero-order chi connectivity index (χ0) is 12.7. The Morgan fingerprint density at radius 3 is 1.06 bits per heavy atom. The van der Waals surface area contributed by atoms with E-state index in [1.807, 2.05) is 0 Å². The van der Waals surface area contributed by atoms with Crippen molar-refractivity contribution in [3.05, 3.63) is 0 Å². The third-order valence-corrected chi connectivity index (χ3v) is 15.9. The van der Waals surface area contributed by atoms with Gasteiger partial charge in [-0.05, 0) is 36.3 Å². The van der Waals surface area contributed by atoms with Crippen LogP contribution >= 0.6 is 22.2 Å². The van der Waals surface area contributed by atoms with E-state index in [-0.39, 0.29) is 0 Å². The van der Waals surface area contributed by atoms with Crippen LogP contribution in [0.2, 0.25) is 36.3 Å². The molecule has 0 aromatic rings. The van der Waals surface area contributed by atoms with Crippen LogP contribution < -0.4 is 0 Å². The van der Waals surface area contributed by atoms with E-state index in [9.17, 15) is 0 Å². The van der Waals surface area contributed by atoms with Gasteiger partial charge in [-0.15, -0.1) is 0 Å². The zero-order valence-corrected chi connectivity index (χ0v) is 14.9. The molecular weight excluding hydrogens is 271 g/mol. The molecule has 0 radical (unpaired) electrons. The molecule has 0 aromatic heterocycles. The summed E-state index contributed by atoms with van der Waals surface area (Å²) in [5.41, 5.74) is 0. The van der Waals surface area contributed by atoms with Crippen LogP contribution in [-0.4, -0.2) is 14.8 Å². The van der Waals surface area contributed by atoms with Gasteiger partial charge in [0.1, 0.15) is 0 Å². The van der Waals surface area contributed by atoms with E-state index in [2.05, 4.69) is 27.7 Å². The molecule has 0 amide bonds. The summed E-state index contributed by atoms with van der Waals surface area (Å²) in [4.78, 5) is 0. The van der Waals surface area contributed by atoms with Crippen molar-refractivity contribution < 1.29 is 0 Å². The molecule has 4 heteroatoms. The van der Waals surface area contributed by atoms with Crippen molar-refractivity contribution in [3.8, 4) is 0 Å². The number of halogens is 2. The van der Waals surface area contributed by atoms with E-state index in [1.54, 1.807) is 0 Å². The van der Waals surface area contributed by atoms with E-state index in [1.165, 1.54) is 49.1 Å². The van der Waals surface area contributed by atoms with Crippen LogP contribution in [0.15, 0.2) is 0 Å². The highest BCUT2D eigenvalue weighted by Crippen LogP contribution is 2.31. The molecule has 0 fully saturated rings. The van der Waals surface area contributed by atoms with Gasteiger partial charge in [-0.1, -0.05) is 40.5 Å². The highest BCUT2D eigenvalue weighted by Gasteiger charge is 2.28. The van der Waals surface area contributed by atoms with Crippen molar-refractivity contribution in [1.29, 1.82) is 0 Å². The second-order valence-corrected chi connectivity index (χ2v) is 18.2. The quantitative estimate of drug-likeness (QED) is 0.269. The fourth-order valence-electron chi connectivity index (χ4n) is 2.09. The topological polar surface area (TPSA) is 0 Å². The summed E-state index contributed by atoms with van der Waals surface area (Å²) in [5, 5.41) is 0. The first-order chi connectivity index (χ1) is 7.45. The lowest BCUT2D eigenvalue weighted by molar-refractivity contribution is 0.847. The van der Waals surface area contributed by atoms with Gasteiger partial charge < -0.3 is 0 Å². The average molecular weight is 299 g/mol. The minimum absolute atomic E-state index is 1.22. The lowest BCUT2D eigenvalue weighted by Crippen LogP contribution is -2.26. The van der Waals surface area contributed by atoms with E-state index in [4.69, 9.17) is 22.2 Å². The predicted molar refractivity (Wildman–Crippen MR) is 84.0 cm³/mol. The van der Waals surface area contributed by atoms with Crippen LogP contribution in [0, 0.1) is 0 Å². The summed E-state index contributed by atoms with van der Waals surface area (Å²) in [5.74, 6) is 0. The van der Waals surface area contributed by atoms with Gasteiger partial charge in [0, 0.05) is 0 Å². The number of hydrogen-bond donors (Lipinski definition) is 0. The molecular formula is C12H28Cl2Si2. The Kier molecular flexibility index (Phi) is 8.69. The molecule has 0 aromatic carbocycles. The highest BCUT2D eigenvalue weighted by atomic mass is 35.6. The van der Waals surface area contributed by atoms with Crippen LogP contribution in [-0.2, 0) is 0 Å². The van der Waals surface area contributed by atoms with Gasteiger partial charge in [0.05, 0.1) is 0 Å². The van der Waals surface area contributed by atoms with Crippen molar-refractivity contribution in [3.63, 3.8) is 0 Å². The molecule has 0 N–H and O–H groups in total. The van der Waals surface area contributed by atoms with Gasteiger partial charge >= 0.3 is 0 Å². The monoisotopic (exact) mass is 298 g/mol. The van der Waals surface area contributed by atoms with Crippen LogP contribution in [0.1, 0.15) is 40.5 Å². The van der Waals surface area contributed by atoms with Gasteiger partial charge in [0.2, 0.25) is 0 Å². The molecule has 0 spiro atoms. The van der Waals surface area contributed by atoms with Crippen molar-refractivity contribution >= 4 is 36.9 Å². The third kappa shape index (κ3) is 6.08. The average Bonchev–Trinajstić information content (AvgIpc) is 2.34. The lowest BCUT2D eigenvalue weighted by atomic mass is 10.4. The first-order valence-electron chi connectivity index (χ1n) is 6.83. The Bertz CT molecular complexity index is 158. The van der Waals surface area contributed by atoms with Crippen LogP contribution in [0.5, 0.6) is 0 Å². The van der Waals surface area contributed by atoms with Crippen molar-refractivity contribution in [2.75, 3.05) is 0 Å². The Morgan fingerprint density at radius 1 is 0.625 bits per heavy atom. The predicted octanol–water partition coefficient (Wildman–Crippen LogP) is 6.21. The van der Waals surface area contributed by atoms with Gasteiger partial charge in [-0.2, -0.15) is 22.2 Å². The molecule has 0 unspecified atom stereocenters. The smallest absolute Gasteiger partial charge is 0.156 e. The largest absolute Gasteiger partial charge is 0.167 e. The van der Waals surface area contributed by atoms with E-state index in [0.717, 1.165) is 0 Å². The molecule has 0 aliphatic heterocycles. The SMILES string of the molecule is CC[Si](Cl)(CC)CCCC[Si](Cl)(CC)CC. The highest BCUT2D eigenvalue weighted by molar-refractivity contribution is 7.20. The fourth-order valence-corrected chi connectivity index (χ4v) is 7.07. The molecule has 98 valence electrons. The fraction of sp³-hybridized carbons (Fsp3) is 1.00. The Labute approximate surface area is 114 Å². The number of unbranched alkanes of at least 4 members (excludes halogenated alkanes) is 1. The zero-order valence-electron chi connectivity index (χ0n) is 11.4. The van der Waals surface area contributed by atoms with Crippen molar-refractivity contribution in [2.45, 2.75) is 76.8 Å². The van der Waals surface area contributed by atoms with E-state index >= 15 is 0 Å². The molecule has 0 saturated heterocycles. The maximum absolute atomic E-state index is 6.64. The van der Waals surface area contributed by atoms with E-state index < -0.39 is 14.8 Å². The van der Waals surface area contributed by atoms with Crippen LogP contribution in [0.4, 0.5) is 0 Å². The second kappa shape index (κ2) is 8.17. The van der Waals surface area contributed by atoms with Crippen LogP contribution in [0.25, 0.3) is 0 Å². The molecule has 16 heavy (non-hydrogen) atoms. The summed E-state index contributed by atoms with van der Waals surface area (Å²) >= 11 is 13.3. The molecule has 0 aliphatic rings. The molecule has 0 aliphatic carbocycles. The third-order valence-electron chi connectivity index (χ3n) is 4.03. The Hall–Kier alpha value is 1.01. The van der Waals surface area contributed by atoms with Crippen molar-refractivity contribution in [1.82, 2.24) is 0 Å². The molecule has 0 atom stereocenters. The molecule has 0 saturated carbocycles. The summed E-state index contributed by atoms with van der Waals surface area (Å²) in [6, 6.07) is 7.45. The standard InChI is InChI=1S/C12H28Cl2Si2/c1-5-15(13,6-2)11-9-10-12-16(14,7-3)8-4/h5-12H2,1-4H3. The molecule has 0 bridgehead atoms. The van der Waals surface area contributed by atoms with Gasteiger partial charge in [-0.25, -0.2) is 0 Å². The van der Waals surface area contributed by atoms with Crippen LogP contribution in [0.3, 0.4) is 0 Å². The summed E-state index contributed by atoms with van der Waals surface area (Å²) in [6.45, 7) is 9.01. The maximum atomic E-state index is 6.64. The molecule has 0 nitrogen and oxygen atoms in total. The maximum Gasteiger partial charge on any atom is 0.156 e. The Morgan fingerprint density at radius 2 is 0.875 bits per heavy atom. The van der Waals surface area contributed by atoms with Gasteiger partial charge in [0.25, 0.3) is 0 Å². The molecule has 0 rings (SSSR count). The van der Waals surface area contributed by atoms with E-state index in [0.29, 0.717) is 0 Å². The normalized spacial score (nSPS) is 13.1. The Balaban J connectivity index is 3.83. The first-order valence-corrected chi connectivity index (χ1v) is 14.1. The summed E-state index contributed by atoms with van der Waals surface area (Å²) in [7, 11) is -2.74. The molecule has 0 heterocycles. The number of hydrogen-bond acceptors (Lipinski definition) is 0. The first kappa shape index (κ1) is 17.0. The minimum atomic E-state index is -1.37. The number of rotatable bonds is 9. The summed E-state index contributed by atoms with van der Waals surface area (Å²) < 4.78 is 0. The summed E-state index contributed by atoms with van der Waals surface area (Å²) in [6.07, 6.45) is 2.61.